The topological polar surface area (TPSA) is 92.4 Å². The monoisotopic (exact) mass is 544 g/mol. The summed E-state index contributed by atoms with van der Waals surface area (Å²) in [5.41, 5.74) is 6.03. The summed E-state index contributed by atoms with van der Waals surface area (Å²) in [5.74, 6) is -2.72. The fourth-order valence-electron chi connectivity index (χ4n) is 2.77. The molecule has 0 saturated carbocycles. The van der Waals surface area contributed by atoms with E-state index in [1.54, 1.807) is 0 Å². The number of hydrogen-bond donors (Lipinski definition) is 2. The Morgan fingerprint density at radius 1 is 1.04 bits per heavy atom. The van der Waals surface area contributed by atoms with E-state index in [1.165, 1.54) is 22.4 Å². The first-order valence-corrected chi connectivity index (χ1v) is 7.86. The third-order valence-electron chi connectivity index (χ3n) is 3.65. The van der Waals surface area contributed by atoms with Crippen molar-refractivity contribution in [3.63, 3.8) is 0 Å². The van der Waals surface area contributed by atoms with E-state index >= 15 is 0 Å². The van der Waals surface area contributed by atoms with Crippen LogP contribution in [0.25, 0.3) is 17.1 Å². The van der Waals surface area contributed by atoms with Gasteiger partial charge in [-0.1, -0.05) is 17.7 Å². The first-order valence-electron chi connectivity index (χ1n) is 7.86. The van der Waals surface area contributed by atoms with Crippen LogP contribution in [-0.4, -0.2) is 31.7 Å². The second-order valence-electron chi connectivity index (χ2n) is 5.75. The molecule has 0 aliphatic rings. The molecule has 0 spiro atoms. The van der Waals surface area contributed by atoms with Gasteiger partial charge in [0.25, 0.3) is 0 Å². The number of aromatic nitrogens is 2. The summed E-state index contributed by atoms with van der Waals surface area (Å²) >= 11 is 0. The molecule has 2 N–H and O–H groups in total. The van der Waals surface area contributed by atoms with Crippen molar-refractivity contribution in [2.45, 2.75) is 20.8 Å². The first kappa shape index (κ1) is 22.3. The molecule has 0 saturated heterocycles. The summed E-state index contributed by atoms with van der Waals surface area (Å²) in [4.78, 5) is 22.7. The van der Waals surface area contributed by atoms with E-state index in [0.717, 1.165) is 11.4 Å². The van der Waals surface area contributed by atoms with Gasteiger partial charge in [0, 0.05) is 38.2 Å². The van der Waals surface area contributed by atoms with Crippen molar-refractivity contribution < 1.29 is 39.9 Å². The van der Waals surface area contributed by atoms with Gasteiger partial charge in [-0.2, -0.15) is 0 Å². The molecular weight excluding hydrogens is 524 g/mol. The fourth-order valence-corrected chi connectivity index (χ4v) is 2.77. The predicted octanol–water partition coefficient (Wildman–Crippen LogP) is 3.42. The van der Waals surface area contributed by atoms with E-state index in [1.807, 2.05) is 36.7 Å². The molecule has 3 rings (SSSR count). The van der Waals surface area contributed by atoms with E-state index < -0.39 is 11.9 Å². The van der Waals surface area contributed by atoms with E-state index in [2.05, 4.69) is 48.5 Å². The summed E-state index contributed by atoms with van der Waals surface area (Å²) in [7, 11) is 0. The van der Waals surface area contributed by atoms with E-state index in [-0.39, 0.29) is 20.1 Å². The standard InChI is InChI=1S/C18H17N2.C2H2O4.Ir/c1-13-11-14(2)17(15(3)12-13)20-10-9-19-18(20)16-7-5-4-6-8-16;3-1(4)2(5)6;/h4-7,9-12H,1-3H3;(H,3,4)(H,5,6);/q-1;;. The summed E-state index contributed by atoms with van der Waals surface area (Å²) in [6.07, 6.45) is 3.86. The normalized spacial score (nSPS) is 9.59. The zero-order valence-electron chi connectivity index (χ0n) is 15.1. The number of aliphatic carboxylic acids is 2. The number of imidazole rings is 1. The van der Waals surface area contributed by atoms with Gasteiger partial charge in [-0.15, -0.1) is 35.9 Å². The van der Waals surface area contributed by atoms with Crippen LogP contribution in [0.4, 0.5) is 0 Å². The molecule has 27 heavy (non-hydrogen) atoms. The largest absolute Gasteiger partial charge is 0.473 e. The Bertz CT molecular complexity index is 901. The molecule has 6 nitrogen and oxygen atoms in total. The number of carboxylic acids is 2. The maximum absolute atomic E-state index is 9.10. The van der Waals surface area contributed by atoms with Crippen molar-refractivity contribution in [1.29, 1.82) is 0 Å². The minimum absolute atomic E-state index is 0. The Balaban J connectivity index is 0.000000456. The van der Waals surface area contributed by atoms with Crippen molar-refractivity contribution in [1.82, 2.24) is 9.55 Å². The molecule has 1 heterocycles. The zero-order valence-corrected chi connectivity index (χ0v) is 17.5. The molecule has 0 aliphatic heterocycles. The molecule has 1 aromatic heterocycles. The Morgan fingerprint density at radius 3 is 2.11 bits per heavy atom. The molecule has 0 amide bonds. The molecule has 1 radical (unpaired) electrons. The number of hydrogen-bond acceptors (Lipinski definition) is 3. The van der Waals surface area contributed by atoms with E-state index in [4.69, 9.17) is 19.8 Å². The van der Waals surface area contributed by atoms with Gasteiger partial charge >= 0.3 is 11.9 Å². The summed E-state index contributed by atoms with van der Waals surface area (Å²) < 4.78 is 2.15. The van der Waals surface area contributed by atoms with Crippen molar-refractivity contribution in [2.24, 2.45) is 0 Å². The van der Waals surface area contributed by atoms with E-state index in [9.17, 15) is 0 Å². The van der Waals surface area contributed by atoms with Crippen LogP contribution >= 0.6 is 0 Å². The summed E-state index contributed by atoms with van der Waals surface area (Å²) in [6.45, 7) is 6.42. The molecular formula is C20H19IrN2O4-. The Morgan fingerprint density at radius 2 is 1.63 bits per heavy atom. The van der Waals surface area contributed by atoms with Crippen molar-refractivity contribution in [2.75, 3.05) is 0 Å². The van der Waals surface area contributed by atoms with Gasteiger partial charge in [-0.3, -0.25) is 4.98 Å². The number of carboxylic acid groups (broad SMARTS) is 2. The molecule has 3 aromatic rings. The van der Waals surface area contributed by atoms with Crippen LogP contribution in [0, 0.1) is 26.8 Å². The SMILES string of the molecule is Cc1cc(C)c(-n2ccnc2-c2[c-]cccc2)c(C)c1.O=C(O)C(=O)O.[Ir]. The Labute approximate surface area is 170 Å². The number of aryl methyl sites for hydroxylation is 3. The van der Waals surface area contributed by atoms with Gasteiger partial charge in [-0.25, -0.2) is 9.59 Å². The number of benzene rings is 2. The van der Waals surface area contributed by atoms with Crippen LogP contribution in [0.1, 0.15) is 16.7 Å². The maximum atomic E-state index is 9.10. The van der Waals surface area contributed by atoms with Gasteiger partial charge in [-0.05, 0) is 31.9 Å². The summed E-state index contributed by atoms with van der Waals surface area (Å²) in [5, 5.41) is 14.8. The first-order chi connectivity index (χ1) is 12.3. The molecule has 2 aromatic carbocycles. The van der Waals surface area contributed by atoms with Gasteiger partial charge < -0.3 is 14.8 Å². The molecule has 0 atom stereocenters. The molecule has 0 unspecified atom stereocenters. The number of carbonyl (C=O) groups is 2. The number of nitrogens with zero attached hydrogens (tertiary/aromatic N) is 2. The molecule has 0 aliphatic carbocycles. The summed E-state index contributed by atoms with van der Waals surface area (Å²) in [6, 6.07) is 15.6. The fraction of sp³-hybridized carbons (Fsp3) is 0.150. The minimum atomic E-state index is -1.82. The average Bonchev–Trinajstić information content (AvgIpc) is 3.04. The smallest absolute Gasteiger partial charge is 0.414 e. The number of rotatable bonds is 2. The van der Waals surface area contributed by atoms with Gasteiger partial charge in [0.15, 0.2) is 0 Å². The van der Waals surface area contributed by atoms with Gasteiger partial charge in [0.2, 0.25) is 0 Å². The van der Waals surface area contributed by atoms with Crippen LogP contribution < -0.4 is 0 Å². The van der Waals surface area contributed by atoms with E-state index in [0.29, 0.717) is 0 Å². The van der Waals surface area contributed by atoms with Crippen molar-refractivity contribution >= 4 is 11.9 Å². The second-order valence-corrected chi connectivity index (χ2v) is 5.75. The van der Waals surface area contributed by atoms with Crippen LogP contribution in [0.15, 0.2) is 48.8 Å². The van der Waals surface area contributed by atoms with Gasteiger partial charge in [0.1, 0.15) is 0 Å². The van der Waals surface area contributed by atoms with Crippen LogP contribution in [0.2, 0.25) is 0 Å². The predicted molar refractivity (Wildman–Crippen MR) is 97.3 cm³/mol. The molecule has 143 valence electrons. The minimum Gasteiger partial charge on any atom is -0.473 e. The quantitative estimate of drug-likeness (QED) is 0.382. The zero-order chi connectivity index (χ0) is 19.3. The Kier molecular flexibility index (Phi) is 8.09. The van der Waals surface area contributed by atoms with Crippen molar-refractivity contribution in [3.8, 4) is 17.1 Å². The Hall–Kier alpha value is -2.76. The van der Waals surface area contributed by atoms with Gasteiger partial charge in [0.05, 0.1) is 5.82 Å². The van der Waals surface area contributed by atoms with Crippen LogP contribution in [0.5, 0.6) is 0 Å². The van der Waals surface area contributed by atoms with Crippen LogP contribution in [0.3, 0.4) is 0 Å². The molecule has 0 bridgehead atoms. The van der Waals surface area contributed by atoms with Crippen molar-refractivity contribution in [3.05, 3.63) is 71.5 Å². The molecule has 7 heteroatoms. The third kappa shape index (κ3) is 5.61. The maximum Gasteiger partial charge on any atom is 0.414 e. The molecule has 0 fully saturated rings. The third-order valence-corrected chi connectivity index (χ3v) is 3.65. The second kappa shape index (κ2) is 9.80. The van der Waals surface area contributed by atoms with Crippen LogP contribution in [-0.2, 0) is 29.7 Å². The average molecular weight is 544 g/mol.